The van der Waals surface area contributed by atoms with E-state index in [0.29, 0.717) is 34.2 Å². The Bertz CT molecular complexity index is 807. The number of ether oxygens (including phenoxy) is 2. The minimum Gasteiger partial charge on any atom is -0.497 e. The minimum absolute atomic E-state index is 0.00000997. The smallest absolute Gasteiger partial charge is 0.248 e. The Morgan fingerprint density at radius 1 is 1.20 bits per heavy atom. The lowest BCUT2D eigenvalue weighted by Crippen LogP contribution is -2.45. The summed E-state index contributed by atoms with van der Waals surface area (Å²) in [6.45, 7) is 6.97. The maximum absolute atomic E-state index is 13.1. The van der Waals surface area contributed by atoms with Crippen LogP contribution in [0.2, 0.25) is 0 Å². The van der Waals surface area contributed by atoms with Crippen LogP contribution in [-0.2, 0) is 19.4 Å². The van der Waals surface area contributed by atoms with E-state index in [-0.39, 0.29) is 19.1 Å². The predicted molar refractivity (Wildman–Crippen MR) is 118 cm³/mol. The zero-order chi connectivity index (χ0) is 22.5. The molecule has 0 bridgehead atoms. The standard InChI is InChI=1S/C22H36N2O5S/c1-16-13-20(28-6)14-17(2)22(16)30(26,27)18(3)9-12-29-15-21(25)24-10-7-19(8-11-24)23(4)5/h13-14,18-19H,7-12,15H2,1-6H3. The second-order valence-electron chi connectivity index (χ2n) is 8.36. The molecule has 1 saturated heterocycles. The highest BCUT2D eigenvalue weighted by Crippen LogP contribution is 2.29. The molecule has 0 N–H and O–H groups in total. The van der Waals surface area contributed by atoms with E-state index < -0.39 is 15.1 Å². The summed E-state index contributed by atoms with van der Waals surface area (Å²) in [7, 11) is 2.20. The number of amides is 1. The Balaban J connectivity index is 1.84. The number of aryl methyl sites for hydroxylation is 2. The lowest BCUT2D eigenvalue weighted by atomic mass is 10.0. The molecule has 0 aromatic heterocycles. The van der Waals surface area contributed by atoms with Crippen LogP contribution in [0.25, 0.3) is 0 Å². The van der Waals surface area contributed by atoms with Crippen molar-refractivity contribution in [2.75, 3.05) is 47.5 Å². The molecule has 1 amide bonds. The molecule has 1 aliphatic rings. The molecule has 30 heavy (non-hydrogen) atoms. The summed E-state index contributed by atoms with van der Waals surface area (Å²) >= 11 is 0. The van der Waals surface area contributed by atoms with Crippen molar-refractivity contribution in [3.8, 4) is 5.75 Å². The van der Waals surface area contributed by atoms with Gasteiger partial charge >= 0.3 is 0 Å². The number of carbonyl (C=O) groups excluding carboxylic acids is 1. The zero-order valence-electron chi connectivity index (χ0n) is 19.1. The molecule has 0 radical (unpaired) electrons. The average molecular weight is 441 g/mol. The van der Waals surface area contributed by atoms with Crippen molar-refractivity contribution in [3.05, 3.63) is 23.3 Å². The summed E-state index contributed by atoms with van der Waals surface area (Å²) in [5.41, 5.74) is 1.35. The first-order chi connectivity index (χ1) is 14.1. The van der Waals surface area contributed by atoms with E-state index in [1.54, 1.807) is 40.0 Å². The maximum Gasteiger partial charge on any atom is 0.248 e. The highest BCUT2D eigenvalue weighted by Gasteiger charge is 2.28. The van der Waals surface area contributed by atoms with Gasteiger partial charge in [-0.1, -0.05) is 0 Å². The fraction of sp³-hybridized carbons (Fsp3) is 0.682. The Labute approximate surface area is 181 Å². The van der Waals surface area contributed by atoms with Gasteiger partial charge in [0.05, 0.1) is 17.3 Å². The number of likely N-dealkylation sites (tertiary alicyclic amines) is 1. The highest BCUT2D eigenvalue weighted by atomic mass is 32.2. The molecule has 1 aromatic carbocycles. The van der Waals surface area contributed by atoms with Gasteiger partial charge in [-0.2, -0.15) is 0 Å². The van der Waals surface area contributed by atoms with Gasteiger partial charge < -0.3 is 19.3 Å². The van der Waals surface area contributed by atoms with Crippen LogP contribution >= 0.6 is 0 Å². The molecular weight excluding hydrogens is 404 g/mol. The molecule has 1 heterocycles. The largest absolute Gasteiger partial charge is 0.497 e. The van der Waals surface area contributed by atoms with E-state index in [0.717, 1.165) is 25.9 Å². The van der Waals surface area contributed by atoms with Crippen LogP contribution in [0.1, 0.15) is 37.3 Å². The van der Waals surface area contributed by atoms with Crippen LogP contribution < -0.4 is 4.74 Å². The normalized spacial score (nSPS) is 16.7. The number of rotatable bonds is 9. The first-order valence-electron chi connectivity index (χ1n) is 10.5. The number of hydrogen-bond acceptors (Lipinski definition) is 6. The fourth-order valence-electron chi connectivity index (χ4n) is 3.97. The van der Waals surface area contributed by atoms with Crippen LogP contribution in [0.5, 0.6) is 5.75 Å². The van der Waals surface area contributed by atoms with Crippen molar-refractivity contribution in [3.63, 3.8) is 0 Å². The summed E-state index contributed by atoms with van der Waals surface area (Å²) in [5, 5.41) is -0.603. The van der Waals surface area contributed by atoms with E-state index in [9.17, 15) is 13.2 Å². The molecule has 1 atom stereocenters. The van der Waals surface area contributed by atoms with Gasteiger partial charge in [0.15, 0.2) is 9.84 Å². The van der Waals surface area contributed by atoms with Gasteiger partial charge in [-0.25, -0.2) is 8.42 Å². The van der Waals surface area contributed by atoms with Crippen molar-refractivity contribution in [1.82, 2.24) is 9.80 Å². The van der Waals surface area contributed by atoms with Crippen LogP contribution in [0.3, 0.4) is 0 Å². The van der Waals surface area contributed by atoms with Gasteiger partial charge in [0.1, 0.15) is 12.4 Å². The van der Waals surface area contributed by atoms with E-state index in [2.05, 4.69) is 19.0 Å². The Kier molecular flexibility index (Phi) is 8.70. The van der Waals surface area contributed by atoms with Crippen molar-refractivity contribution in [2.24, 2.45) is 0 Å². The second kappa shape index (κ2) is 10.6. The lowest BCUT2D eigenvalue weighted by Gasteiger charge is -2.35. The Morgan fingerprint density at radius 2 is 1.77 bits per heavy atom. The maximum atomic E-state index is 13.1. The van der Waals surface area contributed by atoms with Gasteiger partial charge in [0.25, 0.3) is 0 Å². The van der Waals surface area contributed by atoms with Crippen LogP contribution in [0.15, 0.2) is 17.0 Å². The molecule has 170 valence electrons. The SMILES string of the molecule is COc1cc(C)c(S(=O)(=O)C(C)CCOCC(=O)N2CCC(N(C)C)CC2)c(C)c1. The van der Waals surface area contributed by atoms with Gasteiger partial charge in [-0.15, -0.1) is 0 Å². The third kappa shape index (κ3) is 5.95. The van der Waals surface area contributed by atoms with E-state index in [1.807, 2.05) is 4.90 Å². The third-order valence-electron chi connectivity index (χ3n) is 5.93. The minimum atomic E-state index is -3.50. The molecule has 1 aromatic rings. The Hall–Kier alpha value is -1.64. The molecule has 1 aliphatic heterocycles. The summed E-state index contributed by atoms with van der Waals surface area (Å²) < 4.78 is 36.9. The van der Waals surface area contributed by atoms with E-state index in [1.165, 1.54) is 0 Å². The number of benzene rings is 1. The summed E-state index contributed by atoms with van der Waals surface area (Å²) in [5.74, 6) is 0.623. The first-order valence-corrected chi connectivity index (χ1v) is 12.0. The molecule has 0 spiro atoms. The number of hydrogen-bond donors (Lipinski definition) is 0. The van der Waals surface area contributed by atoms with Crippen molar-refractivity contribution < 1.29 is 22.7 Å². The second-order valence-corrected chi connectivity index (χ2v) is 10.7. The van der Waals surface area contributed by atoms with E-state index >= 15 is 0 Å². The molecule has 7 nitrogen and oxygen atoms in total. The lowest BCUT2D eigenvalue weighted by molar-refractivity contribution is -0.137. The fourth-order valence-corrected chi connectivity index (χ4v) is 5.79. The number of methoxy groups -OCH3 is 1. The van der Waals surface area contributed by atoms with Crippen LogP contribution in [-0.4, -0.2) is 82.9 Å². The number of sulfone groups is 1. The monoisotopic (exact) mass is 440 g/mol. The van der Waals surface area contributed by atoms with Crippen molar-refractivity contribution >= 4 is 15.7 Å². The average Bonchev–Trinajstić information content (AvgIpc) is 2.69. The van der Waals surface area contributed by atoms with Gasteiger partial charge in [0, 0.05) is 25.7 Å². The Morgan fingerprint density at radius 3 is 2.27 bits per heavy atom. The van der Waals surface area contributed by atoms with Crippen LogP contribution in [0.4, 0.5) is 0 Å². The molecule has 0 saturated carbocycles. The van der Waals surface area contributed by atoms with Gasteiger partial charge in [-0.05, 0) is 77.4 Å². The molecule has 2 rings (SSSR count). The quantitative estimate of drug-likeness (QED) is 0.549. The first kappa shape index (κ1) is 24.6. The topological polar surface area (TPSA) is 76.2 Å². The zero-order valence-corrected chi connectivity index (χ0v) is 19.9. The van der Waals surface area contributed by atoms with Crippen LogP contribution in [0, 0.1) is 13.8 Å². The third-order valence-corrected chi connectivity index (χ3v) is 8.43. The molecular formula is C22H36N2O5S. The van der Waals surface area contributed by atoms with Gasteiger partial charge in [-0.3, -0.25) is 4.79 Å². The molecule has 8 heteroatoms. The summed E-state index contributed by atoms with van der Waals surface area (Å²) in [4.78, 5) is 16.7. The number of carbonyl (C=O) groups is 1. The molecule has 1 unspecified atom stereocenters. The summed E-state index contributed by atoms with van der Waals surface area (Å²) in [6.07, 6.45) is 2.27. The number of piperidine rings is 1. The van der Waals surface area contributed by atoms with E-state index in [4.69, 9.17) is 9.47 Å². The summed E-state index contributed by atoms with van der Waals surface area (Å²) in [6, 6.07) is 3.99. The highest BCUT2D eigenvalue weighted by molar-refractivity contribution is 7.92. The van der Waals surface area contributed by atoms with Crippen molar-refractivity contribution in [1.29, 1.82) is 0 Å². The van der Waals surface area contributed by atoms with Gasteiger partial charge in [0.2, 0.25) is 5.91 Å². The molecule has 0 aliphatic carbocycles. The molecule has 1 fully saturated rings. The number of nitrogens with zero attached hydrogens (tertiary/aromatic N) is 2. The predicted octanol–water partition coefficient (Wildman–Crippen LogP) is 2.43. The van der Waals surface area contributed by atoms with Crippen molar-refractivity contribution in [2.45, 2.75) is 56.2 Å².